The van der Waals surface area contributed by atoms with Crippen molar-refractivity contribution in [3.63, 3.8) is 0 Å². The number of hydrogen-bond acceptors (Lipinski definition) is 5. The normalized spacial score (nSPS) is 9.65. The maximum atomic E-state index is 11.8. The van der Waals surface area contributed by atoms with E-state index in [1.54, 1.807) is 0 Å². The lowest BCUT2D eigenvalue weighted by Gasteiger charge is -2.13. The largest absolute Gasteiger partial charge is 0.493 e. The van der Waals surface area contributed by atoms with Crippen molar-refractivity contribution in [3.05, 3.63) is 64.0 Å². The van der Waals surface area contributed by atoms with Crippen LogP contribution in [0.15, 0.2) is 47.6 Å². The van der Waals surface area contributed by atoms with Gasteiger partial charge in [0.05, 0.1) is 25.5 Å². The summed E-state index contributed by atoms with van der Waals surface area (Å²) in [5, 5.41) is 3.51. The molecule has 0 radical (unpaired) electrons. The highest BCUT2D eigenvalue weighted by molar-refractivity contribution is 5.95. The van der Waals surface area contributed by atoms with Crippen molar-refractivity contribution >= 4 is 11.7 Å². The molecule has 0 spiro atoms. The molecular formula is C16H15N3O4. The van der Waals surface area contributed by atoms with E-state index < -0.39 is 5.97 Å². The maximum absolute atomic E-state index is 11.8. The van der Waals surface area contributed by atoms with E-state index in [2.05, 4.69) is 14.8 Å². The molecule has 2 aromatic carbocycles. The van der Waals surface area contributed by atoms with E-state index in [1.165, 1.54) is 26.4 Å². The van der Waals surface area contributed by atoms with Crippen LogP contribution in [0.1, 0.15) is 15.9 Å². The summed E-state index contributed by atoms with van der Waals surface area (Å²) in [4.78, 5) is 14.5. The van der Waals surface area contributed by atoms with Crippen LogP contribution in [0.4, 0.5) is 5.69 Å². The summed E-state index contributed by atoms with van der Waals surface area (Å²) < 4.78 is 15.6. The molecule has 2 rings (SSSR count). The summed E-state index contributed by atoms with van der Waals surface area (Å²) >= 11 is 0. The molecule has 0 aliphatic rings. The molecule has 0 fully saturated rings. The third-order valence-electron chi connectivity index (χ3n) is 3.08. The van der Waals surface area contributed by atoms with Crippen LogP contribution in [-0.4, -0.2) is 20.2 Å². The first kappa shape index (κ1) is 16.2. The third kappa shape index (κ3) is 3.93. The number of rotatable bonds is 6. The minimum Gasteiger partial charge on any atom is -0.493 e. The zero-order valence-electron chi connectivity index (χ0n) is 12.7. The van der Waals surface area contributed by atoms with Crippen LogP contribution in [0.3, 0.4) is 0 Å². The minimum atomic E-state index is -0.625. The van der Waals surface area contributed by atoms with Crippen molar-refractivity contribution in [2.75, 3.05) is 14.2 Å². The molecule has 118 valence electrons. The Balaban J connectivity index is 2.36. The molecule has 0 saturated carbocycles. The predicted molar refractivity (Wildman–Crippen MR) is 83.9 cm³/mol. The monoisotopic (exact) mass is 313 g/mol. The number of hydrogen-bond donors (Lipinski definition) is 0. The van der Waals surface area contributed by atoms with Gasteiger partial charge in [0.1, 0.15) is 6.61 Å². The van der Waals surface area contributed by atoms with E-state index in [9.17, 15) is 4.79 Å². The Bertz CT molecular complexity index is 740. The number of azide groups is 1. The zero-order chi connectivity index (χ0) is 16.7. The molecule has 7 heteroatoms. The molecule has 0 N–H and O–H groups in total. The Kier molecular flexibility index (Phi) is 5.44. The van der Waals surface area contributed by atoms with Crippen molar-refractivity contribution in [1.82, 2.24) is 0 Å². The van der Waals surface area contributed by atoms with E-state index in [1.807, 2.05) is 30.3 Å². The molecule has 7 nitrogen and oxygen atoms in total. The summed E-state index contributed by atoms with van der Waals surface area (Å²) in [5.74, 6) is 0.0879. The quantitative estimate of drug-likeness (QED) is 0.348. The van der Waals surface area contributed by atoms with Gasteiger partial charge in [-0.05, 0) is 23.2 Å². The molecule has 2 aromatic rings. The third-order valence-corrected chi connectivity index (χ3v) is 3.08. The Morgan fingerprint density at radius 1 is 1.17 bits per heavy atom. The van der Waals surface area contributed by atoms with Gasteiger partial charge in [-0.1, -0.05) is 35.4 Å². The second kappa shape index (κ2) is 7.72. The van der Waals surface area contributed by atoms with E-state index in [-0.39, 0.29) is 11.3 Å². The van der Waals surface area contributed by atoms with Crippen LogP contribution in [-0.2, 0) is 11.3 Å². The first-order chi connectivity index (χ1) is 11.2. The molecule has 0 heterocycles. The van der Waals surface area contributed by atoms with Crippen molar-refractivity contribution in [2.24, 2.45) is 5.11 Å². The molecule has 0 aliphatic carbocycles. The van der Waals surface area contributed by atoms with Crippen molar-refractivity contribution in [3.8, 4) is 11.5 Å². The molecule has 0 saturated heterocycles. The smallest absolute Gasteiger partial charge is 0.338 e. The van der Waals surface area contributed by atoms with Gasteiger partial charge in [-0.25, -0.2) is 4.79 Å². The SMILES string of the molecule is COC(=O)c1cc(OC)c(OCc2ccccc2)cc1N=[N+]=[N-]. The van der Waals surface area contributed by atoms with Gasteiger partial charge >= 0.3 is 5.97 Å². The van der Waals surface area contributed by atoms with Crippen LogP contribution in [0.2, 0.25) is 0 Å². The van der Waals surface area contributed by atoms with E-state index in [4.69, 9.17) is 15.0 Å². The average Bonchev–Trinajstić information content (AvgIpc) is 2.60. The lowest BCUT2D eigenvalue weighted by Crippen LogP contribution is -2.04. The average molecular weight is 313 g/mol. The Labute approximate surface area is 133 Å². The highest BCUT2D eigenvalue weighted by Crippen LogP contribution is 2.36. The van der Waals surface area contributed by atoms with Crippen LogP contribution < -0.4 is 9.47 Å². The van der Waals surface area contributed by atoms with Crippen molar-refractivity contribution < 1.29 is 19.0 Å². The molecule has 0 aliphatic heterocycles. The number of methoxy groups -OCH3 is 2. The standard InChI is InChI=1S/C16H15N3O4/c1-21-14-8-12(16(20)22-2)13(18-19-17)9-15(14)23-10-11-6-4-3-5-7-11/h3-9H,10H2,1-2H3. The van der Waals surface area contributed by atoms with E-state index in [0.717, 1.165) is 5.56 Å². The molecule has 23 heavy (non-hydrogen) atoms. The van der Waals surface area contributed by atoms with Crippen molar-refractivity contribution in [2.45, 2.75) is 6.61 Å². The molecule has 0 unspecified atom stereocenters. The van der Waals surface area contributed by atoms with Crippen LogP contribution >= 0.6 is 0 Å². The van der Waals surface area contributed by atoms with Gasteiger partial charge in [0.25, 0.3) is 0 Å². The Hall–Kier alpha value is -3.18. The molecule has 0 bridgehead atoms. The number of benzene rings is 2. The predicted octanol–water partition coefficient (Wildman–Crippen LogP) is 4.00. The van der Waals surface area contributed by atoms with E-state index in [0.29, 0.717) is 18.1 Å². The van der Waals surface area contributed by atoms with Gasteiger partial charge in [-0.3, -0.25) is 0 Å². The summed E-state index contributed by atoms with van der Waals surface area (Å²) in [6, 6.07) is 12.4. The fourth-order valence-electron chi connectivity index (χ4n) is 1.96. The fourth-order valence-corrected chi connectivity index (χ4v) is 1.96. The molecule has 0 aromatic heterocycles. The van der Waals surface area contributed by atoms with Crippen LogP contribution in [0.25, 0.3) is 10.4 Å². The number of esters is 1. The fraction of sp³-hybridized carbons (Fsp3) is 0.188. The number of ether oxygens (including phenoxy) is 3. The number of carbonyl (C=O) groups is 1. The molecule has 0 atom stereocenters. The first-order valence-corrected chi connectivity index (χ1v) is 6.71. The van der Waals surface area contributed by atoms with Gasteiger partial charge in [0.15, 0.2) is 11.5 Å². The zero-order valence-corrected chi connectivity index (χ0v) is 12.7. The number of nitrogens with zero attached hydrogens (tertiary/aromatic N) is 3. The highest BCUT2D eigenvalue weighted by Gasteiger charge is 2.17. The highest BCUT2D eigenvalue weighted by atomic mass is 16.5. The lowest BCUT2D eigenvalue weighted by atomic mass is 10.1. The molecule has 0 amide bonds. The second-order valence-corrected chi connectivity index (χ2v) is 4.48. The van der Waals surface area contributed by atoms with E-state index >= 15 is 0 Å². The maximum Gasteiger partial charge on any atom is 0.338 e. The Morgan fingerprint density at radius 3 is 2.52 bits per heavy atom. The van der Waals surface area contributed by atoms with Gasteiger partial charge < -0.3 is 14.2 Å². The summed E-state index contributed by atoms with van der Waals surface area (Å²) in [5.41, 5.74) is 9.85. The lowest BCUT2D eigenvalue weighted by molar-refractivity contribution is 0.0601. The topological polar surface area (TPSA) is 93.5 Å². The summed E-state index contributed by atoms with van der Waals surface area (Å²) in [6.07, 6.45) is 0. The second-order valence-electron chi connectivity index (χ2n) is 4.48. The van der Waals surface area contributed by atoms with Gasteiger partial charge in [-0.15, -0.1) is 0 Å². The van der Waals surface area contributed by atoms with Gasteiger partial charge in [0, 0.05) is 4.91 Å². The minimum absolute atomic E-state index is 0.106. The van der Waals surface area contributed by atoms with Crippen molar-refractivity contribution in [1.29, 1.82) is 0 Å². The molecular weight excluding hydrogens is 298 g/mol. The number of carbonyl (C=O) groups excluding carboxylic acids is 1. The van der Waals surface area contributed by atoms with Crippen LogP contribution in [0, 0.1) is 0 Å². The summed E-state index contributed by atoms with van der Waals surface area (Å²) in [7, 11) is 2.70. The van der Waals surface area contributed by atoms with Gasteiger partial charge in [-0.2, -0.15) is 0 Å². The summed E-state index contributed by atoms with van der Waals surface area (Å²) in [6.45, 7) is 0.310. The Morgan fingerprint density at radius 2 is 1.91 bits per heavy atom. The first-order valence-electron chi connectivity index (χ1n) is 6.71. The van der Waals surface area contributed by atoms with Gasteiger partial charge in [0.2, 0.25) is 0 Å². The van der Waals surface area contributed by atoms with Crippen LogP contribution in [0.5, 0.6) is 11.5 Å².